The van der Waals surface area contributed by atoms with E-state index >= 15 is 0 Å². The van der Waals surface area contributed by atoms with Crippen LogP contribution in [0.4, 0.5) is 5.82 Å². The number of amides is 1. The molecule has 0 bridgehead atoms. The number of hydrogen-bond acceptors (Lipinski definition) is 4. The van der Waals surface area contributed by atoms with Crippen molar-refractivity contribution in [2.45, 2.75) is 19.4 Å². The zero-order valence-corrected chi connectivity index (χ0v) is 12.8. The van der Waals surface area contributed by atoms with Gasteiger partial charge in [-0.2, -0.15) is 0 Å². The number of anilines is 1. The zero-order valence-electron chi connectivity index (χ0n) is 12.8. The van der Waals surface area contributed by atoms with Gasteiger partial charge in [-0.1, -0.05) is 18.2 Å². The number of aliphatic hydroxyl groups is 1. The minimum atomic E-state index is -0.624. The van der Waals surface area contributed by atoms with Crippen molar-refractivity contribution in [1.82, 2.24) is 9.88 Å². The Hall–Kier alpha value is -2.14. The number of aliphatic hydroxyl groups excluding tert-OH is 1. The number of carbonyl (C=O) groups excluding carboxylic acids is 1. The molecule has 0 aliphatic rings. The summed E-state index contributed by atoms with van der Waals surface area (Å²) in [5.41, 5.74) is 0.721. The lowest BCUT2D eigenvalue weighted by Gasteiger charge is -2.34. The quantitative estimate of drug-likeness (QED) is 0.904. The molecular formula is C16H21N3O2. The topological polar surface area (TPSA) is 65.5 Å². The number of pyridine rings is 1. The molecule has 5 heteroatoms. The highest BCUT2D eigenvalue weighted by atomic mass is 16.3. The summed E-state index contributed by atoms with van der Waals surface area (Å²) in [6.45, 7) is 3.55. The molecule has 21 heavy (non-hydrogen) atoms. The first-order valence-electron chi connectivity index (χ1n) is 6.87. The molecule has 0 saturated carbocycles. The van der Waals surface area contributed by atoms with Crippen LogP contribution < -0.4 is 5.32 Å². The van der Waals surface area contributed by atoms with Gasteiger partial charge in [-0.25, -0.2) is 4.98 Å². The van der Waals surface area contributed by atoms with E-state index in [1.807, 2.05) is 38.1 Å². The van der Waals surface area contributed by atoms with Gasteiger partial charge in [-0.05, 0) is 26.0 Å². The van der Waals surface area contributed by atoms with E-state index in [-0.39, 0.29) is 12.5 Å². The molecular weight excluding hydrogens is 266 g/mol. The number of hydrogen-bond donors (Lipinski definition) is 2. The van der Waals surface area contributed by atoms with Crippen molar-refractivity contribution in [3.63, 3.8) is 0 Å². The van der Waals surface area contributed by atoms with Gasteiger partial charge in [-0.15, -0.1) is 0 Å². The zero-order chi connectivity index (χ0) is 15.6. The maximum Gasteiger partial charge on any atom is 0.254 e. The summed E-state index contributed by atoms with van der Waals surface area (Å²) < 4.78 is 0. The fraction of sp³-hybridized carbons (Fsp3) is 0.375. The first-order chi connectivity index (χ1) is 9.90. The molecule has 0 atom stereocenters. The highest BCUT2D eigenvalue weighted by Gasteiger charge is 2.28. The van der Waals surface area contributed by atoms with Crippen molar-refractivity contribution in [3.05, 3.63) is 35.9 Å². The van der Waals surface area contributed by atoms with Gasteiger partial charge in [0.2, 0.25) is 0 Å². The number of fused-ring (bicyclic) bond motifs is 1. The van der Waals surface area contributed by atoms with E-state index in [1.54, 1.807) is 25.1 Å². The highest BCUT2D eigenvalue weighted by molar-refractivity contribution is 6.07. The highest BCUT2D eigenvalue weighted by Crippen LogP contribution is 2.24. The van der Waals surface area contributed by atoms with Crippen LogP contribution in [0, 0.1) is 0 Å². The minimum absolute atomic E-state index is 0.100. The van der Waals surface area contributed by atoms with E-state index in [1.165, 1.54) is 0 Å². The fourth-order valence-electron chi connectivity index (χ4n) is 2.04. The molecule has 1 heterocycles. The summed E-state index contributed by atoms with van der Waals surface area (Å²) in [6, 6.07) is 9.29. The van der Waals surface area contributed by atoms with Gasteiger partial charge in [0.1, 0.15) is 5.82 Å². The predicted octanol–water partition coefficient (Wildman–Crippen LogP) is 2.12. The molecule has 0 unspecified atom stereocenters. The van der Waals surface area contributed by atoms with Crippen LogP contribution in [0.3, 0.4) is 0 Å². The monoisotopic (exact) mass is 287 g/mol. The standard InChI is InChI=1S/C16H21N3O2/c1-16(2,10-20)19(4)15(21)12-9-14(17-3)18-13-8-6-5-7-11(12)13/h5-9,20H,10H2,1-4H3,(H,17,18). The van der Waals surface area contributed by atoms with Crippen LogP contribution in [-0.2, 0) is 0 Å². The molecule has 1 aromatic carbocycles. The average molecular weight is 287 g/mol. The summed E-state index contributed by atoms with van der Waals surface area (Å²) in [7, 11) is 3.47. The lowest BCUT2D eigenvalue weighted by molar-refractivity contribution is 0.0475. The number of para-hydroxylation sites is 1. The van der Waals surface area contributed by atoms with Crippen molar-refractivity contribution in [1.29, 1.82) is 0 Å². The number of aromatic nitrogens is 1. The Balaban J connectivity index is 2.57. The Bertz CT molecular complexity index is 668. The second-order valence-electron chi connectivity index (χ2n) is 5.66. The second kappa shape index (κ2) is 5.69. The average Bonchev–Trinajstić information content (AvgIpc) is 2.52. The minimum Gasteiger partial charge on any atom is -0.394 e. The Morgan fingerprint density at radius 1 is 1.38 bits per heavy atom. The van der Waals surface area contributed by atoms with Crippen LogP contribution in [-0.4, -0.2) is 47.1 Å². The van der Waals surface area contributed by atoms with Crippen LogP contribution in [0.5, 0.6) is 0 Å². The van der Waals surface area contributed by atoms with Crippen LogP contribution in [0.15, 0.2) is 30.3 Å². The number of nitrogens with zero attached hydrogens (tertiary/aromatic N) is 2. The van der Waals surface area contributed by atoms with E-state index in [4.69, 9.17) is 0 Å². The molecule has 2 aromatic rings. The maximum absolute atomic E-state index is 12.8. The summed E-state index contributed by atoms with van der Waals surface area (Å²) in [5.74, 6) is 0.511. The first-order valence-corrected chi connectivity index (χ1v) is 6.87. The van der Waals surface area contributed by atoms with E-state index in [0.717, 1.165) is 10.9 Å². The molecule has 0 fully saturated rings. The molecule has 1 aromatic heterocycles. The molecule has 0 spiro atoms. The Morgan fingerprint density at radius 2 is 2.05 bits per heavy atom. The maximum atomic E-state index is 12.8. The van der Waals surface area contributed by atoms with Crippen LogP contribution in [0.1, 0.15) is 24.2 Å². The van der Waals surface area contributed by atoms with Gasteiger partial charge in [0.15, 0.2) is 0 Å². The van der Waals surface area contributed by atoms with E-state index < -0.39 is 5.54 Å². The summed E-state index contributed by atoms with van der Waals surface area (Å²) in [5, 5.41) is 13.2. The SMILES string of the molecule is CNc1cc(C(=O)N(C)C(C)(C)CO)c2ccccc2n1. The molecule has 0 saturated heterocycles. The van der Waals surface area contributed by atoms with Gasteiger partial charge in [0.05, 0.1) is 23.2 Å². The molecule has 2 N–H and O–H groups in total. The molecule has 0 aliphatic carbocycles. The van der Waals surface area contributed by atoms with Crippen LogP contribution in [0.25, 0.3) is 10.9 Å². The molecule has 2 rings (SSSR count). The summed E-state index contributed by atoms with van der Waals surface area (Å²) in [6.07, 6.45) is 0. The molecule has 5 nitrogen and oxygen atoms in total. The predicted molar refractivity (Wildman–Crippen MR) is 84.5 cm³/mol. The van der Waals surface area contributed by atoms with Gasteiger partial charge < -0.3 is 15.3 Å². The van der Waals surface area contributed by atoms with E-state index in [9.17, 15) is 9.90 Å². The smallest absolute Gasteiger partial charge is 0.254 e. The number of nitrogens with one attached hydrogen (secondary N) is 1. The van der Waals surface area contributed by atoms with Crippen molar-refractivity contribution in [2.75, 3.05) is 26.0 Å². The third-order valence-corrected chi connectivity index (χ3v) is 3.80. The summed E-state index contributed by atoms with van der Waals surface area (Å²) in [4.78, 5) is 18.8. The first kappa shape index (κ1) is 15.3. The third-order valence-electron chi connectivity index (χ3n) is 3.80. The van der Waals surface area contributed by atoms with Crippen molar-refractivity contribution in [2.24, 2.45) is 0 Å². The Labute approximate surface area is 124 Å². The number of rotatable bonds is 4. The Kier molecular flexibility index (Phi) is 4.14. The van der Waals surface area contributed by atoms with Gasteiger partial charge in [0.25, 0.3) is 5.91 Å². The fourth-order valence-corrected chi connectivity index (χ4v) is 2.04. The lowest BCUT2D eigenvalue weighted by Crippen LogP contribution is -2.47. The van der Waals surface area contributed by atoms with E-state index in [0.29, 0.717) is 11.4 Å². The van der Waals surface area contributed by atoms with Gasteiger partial charge in [0, 0.05) is 19.5 Å². The van der Waals surface area contributed by atoms with Crippen LogP contribution in [0.2, 0.25) is 0 Å². The molecule has 0 radical (unpaired) electrons. The van der Waals surface area contributed by atoms with Crippen molar-refractivity contribution in [3.8, 4) is 0 Å². The van der Waals surface area contributed by atoms with E-state index in [2.05, 4.69) is 10.3 Å². The van der Waals surface area contributed by atoms with Crippen molar-refractivity contribution < 1.29 is 9.90 Å². The van der Waals surface area contributed by atoms with Crippen LogP contribution >= 0.6 is 0 Å². The van der Waals surface area contributed by atoms with Gasteiger partial charge in [-0.3, -0.25) is 4.79 Å². The molecule has 1 amide bonds. The normalized spacial score (nSPS) is 11.5. The third kappa shape index (κ3) is 2.83. The largest absolute Gasteiger partial charge is 0.394 e. The lowest BCUT2D eigenvalue weighted by atomic mass is 10.0. The second-order valence-corrected chi connectivity index (χ2v) is 5.66. The number of benzene rings is 1. The van der Waals surface area contributed by atoms with Crippen molar-refractivity contribution >= 4 is 22.6 Å². The summed E-state index contributed by atoms with van der Waals surface area (Å²) >= 11 is 0. The number of likely N-dealkylation sites (N-methyl/N-ethyl adjacent to an activating group) is 1. The molecule has 112 valence electrons. The molecule has 0 aliphatic heterocycles. The van der Waals surface area contributed by atoms with Gasteiger partial charge >= 0.3 is 0 Å². The number of carbonyl (C=O) groups is 1. The Morgan fingerprint density at radius 3 is 2.67 bits per heavy atom.